The first-order valence-corrected chi connectivity index (χ1v) is 6.12. The lowest BCUT2D eigenvalue weighted by Crippen LogP contribution is -2.29. The fourth-order valence-electron chi connectivity index (χ4n) is 1.58. The van der Waals surface area contributed by atoms with Crippen LogP contribution in [0.2, 0.25) is 0 Å². The number of hydrogen-bond acceptors (Lipinski definition) is 6. The fraction of sp³-hybridized carbons (Fsp3) is 0.417. The van der Waals surface area contributed by atoms with E-state index in [1.807, 2.05) is 0 Å². The van der Waals surface area contributed by atoms with Crippen LogP contribution in [0.5, 0.6) is 0 Å². The van der Waals surface area contributed by atoms with Crippen molar-refractivity contribution < 1.29 is 14.8 Å². The molecule has 1 aromatic rings. The van der Waals surface area contributed by atoms with Crippen molar-refractivity contribution in [3.8, 4) is 0 Å². The highest BCUT2D eigenvalue weighted by Crippen LogP contribution is 2.25. The van der Waals surface area contributed by atoms with Crippen LogP contribution in [0.15, 0.2) is 18.2 Å². The molecule has 0 saturated heterocycles. The van der Waals surface area contributed by atoms with Crippen molar-refractivity contribution in [1.29, 1.82) is 0 Å². The maximum absolute atomic E-state index is 11.0. The molecule has 8 nitrogen and oxygen atoms in total. The highest BCUT2D eigenvalue weighted by atomic mass is 16.6. The third-order valence-corrected chi connectivity index (χ3v) is 2.54. The van der Waals surface area contributed by atoms with Crippen LogP contribution in [0.3, 0.4) is 0 Å². The zero-order valence-corrected chi connectivity index (χ0v) is 11.1. The molecular weight excluding hydrogens is 264 g/mol. The molecule has 0 aromatic heterocycles. The Labute approximate surface area is 116 Å². The Morgan fingerprint density at radius 3 is 2.75 bits per heavy atom. The third-order valence-electron chi connectivity index (χ3n) is 2.54. The van der Waals surface area contributed by atoms with Crippen LogP contribution in [-0.2, 0) is 0 Å². The van der Waals surface area contributed by atoms with Gasteiger partial charge in [0.25, 0.3) is 5.69 Å². The minimum atomic E-state index is -0.710. The Morgan fingerprint density at radius 2 is 2.20 bits per heavy atom. The molecule has 1 amide bonds. The molecule has 0 fully saturated rings. The number of rotatable bonds is 8. The van der Waals surface area contributed by atoms with Gasteiger partial charge in [-0.05, 0) is 19.1 Å². The van der Waals surface area contributed by atoms with Gasteiger partial charge < -0.3 is 21.5 Å². The summed E-state index contributed by atoms with van der Waals surface area (Å²) in [4.78, 5) is 21.4. The highest BCUT2D eigenvalue weighted by Gasteiger charge is 2.16. The zero-order chi connectivity index (χ0) is 15.1. The molecule has 0 aliphatic carbocycles. The van der Waals surface area contributed by atoms with Crippen LogP contribution in [0.4, 0.5) is 11.4 Å². The Hall–Kier alpha value is -2.19. The van der Waals surface area contributed by atoms with E-state index in [0.717, 1.165) is 6.07 Å². The van der Waals surface area contributed by atoms with E-state index in [0.29, 0.717) is 25.3 Å². The number of amides is 1. The predicted octanol–water partition coefficient (Wildman–Crippen LogP) is 0.0760. The summed E-state index contributed by atoms with van der Waals surface area (Å²) in [6.45, 7) is 3.10. The molecule has 0 radical (unpaired) electrons. The van der Waals surface area contributed by atoms with Crippen molar-refractivity contribution in [3.05, 3.63) is 33.9 Å². The molecule has 1 unspecified atom stereocenters. The van der Waals surface area contributed by atoms with Gasteiger partial charge >= 0.3 is 0 Å². The number of benzene rings is 1. The summed E-state index contributed by atoms with van der Waals surface area (Å²) in [7, 11) is 0. The number of aliphatic hydroxyl groups is 1. The number of hydrogen-bond donors (Lipinski definition) is 4. The SMILES string of the molecule is CC(O)CNCCNc1ccc(C(N)=O)cc1[N+](=O)[O-]. The van der Waals surface area contributed by atoms with E-state index < -0.39 is 16.9 Å². The van der Waals surface area contributed by atoms with Gasteiger partial charge in [0.1, 0.15) is 5.69 Å². The molecule has 0 spiro atoms. The molecule has 1 aromatic carbocycles. The summed E-state index contributed by atoms with van der Waals surface area (Å²) < 4.78 is 0. The van der Waals surface area contributed by atoms with Gasteiger partial charge in [-0.2, -0.15) is 0 Å². The van der Waals surface area contributed by atoms with Crippen molar-refractivity contribution in [2.45, 2.75) is 13.0 Å². The number of nitrogens with zero attached hydrogens (tertiary/aromatic N) is 1. The first kappa shape index (κ1) is 15.9. The zero-order valence-electron chi connectivity index (χ0n) is 11.1. The molecule has 110 valence electrons. The van der Waals surface area contributed by atoms with Crippen LogP contribution in [-0.4, -0.2) is 41.7 Å². The molecule has 1 rings (SSSR count). The molecule has 0 heterocycles. The summed E-state index contributed by atoms with van der Waals surface area (Å²) >= 11 is 0. The van der Waals surface area contributed by atoms with Crippen molar-refractivity contribution in [2.24, 2.45) is 5.73 Å². The number of nitrogens with two attached hydrogens (primary N) is 1. The second-order valence-electron chi connectivity index (χ2n) is 4.33. The number of nitro groups is 1. The average molecular weight is 282 g/mol. The van der Waals surface area contributed by atoms with E-state index >= 15 is 0 Å². The summed E-state index contributed by atoms with van der Waals surface area (Å²) in [5, 5.41) is 25.9. The fourth-order valence-corrected chi connectivity index (χ4v) is 1.58. The lowest BCUT2D eigenvalue weighted by molar-refractivity contribution is -0.384. The normalized spacial score (nSPS) is 11.9. The number of nitro benzene ring substituents is 1. The topological polar surface area (TPSA) is 131 Å². The standard InChI is InChI=1S/C12H18N4O4/c1-8(17)7-14-4-5-15-10-3-2-9(12(13)18)6-11(10)16(19)20/h2-3,6,8,14-15,17H,4-5,7H2,1H3,(H2,13,18). The molecule has 1 atom stereocenters. The van der Waals surface area contributed by atoms with E-state index in [4.69, 9.17) is 10.8 Å². The van der Waals surface area contributed by atoms with Gasteiger partial charge in [-0.1, -0.05) is 0 Å². The van der Waals surface area contributed by atoms with Gasteiger partial charge in [0.15, 0.2) is 0 Å². The maximum atomic E-state index is 11.0. The van der Waals surface area contributed by atoms with Crippen molar-refractivity contribution in [1.82, 2.24) is 5.32 Å². The summed E-state index contributed by atoms with van der Waals surface area (Å²) in [5.74, 6) is -0.710. The number of carbonyl (C=O) groups is 1. The molecular formula is C12H18N4O4. The summed E-state index contributed by atoms with van der Waals surface area (Å²) in [5.41, 5.74) is 5.30. The Kier molecular flexibility index (Phi) is 5.88. The number of primary amides is 1. The van der Waals surface area contributed by atoms with Gasteiger partial charge in [0.05, 0.1) is 11.0 Å². The summed E-state index contributed by atoms with van der Waals surface area (Å²) in [6, 6.07) is 4.03. The first-order chi connectivity index (χ1) is 9.41. The smallest absolute Gasteiger partial charge is 0.293 e. The van der Waals surface area contributed by atoms with Crippen molar-refractivity contribution in [2.75, 3.05) is 25.0 Å². The maximum Gasteiger partial charge on any atom is 0.293 e. The quantitative estimate of drug-likeness (QED) is 0.303. The first-order valence-electron chi connectivity index (χ1n) is 6.12. The highest BCUT2D eigenvalue weighted by molar-refractivity contribution is 5.94. The van der Waals surface area contributed by atoms with Gasteiger partial charge in [-0.3, -0.25) is 14.9 Å². The third kappa shape index (κ3) is 4.82. The second kappa shape index (κ2) is 7.41. The van der Waals surface area contributed by atoms with Gasteiger partial charge in [0, 0.05) is 31.3 Å². The second-order valence-corrected chi connectivity index (χ2v) is 4.33. The number of anilines is 1. The minimum Gasteiger partial charge on any atom is -0.392 e. The molecule has 0 saturated carbocycles. The molecule has 0 aliphatic heterocycles. The van der Waals surface area contributed by atoms with Gasteiger partial charge in [0.2, 0.25) is 5.91 Å². The van der Waals surface area contributed by atoms with Gasteiger partial charge in [-0.25, -0.2) is 0 Å². The van der Waals surface area contributed by atoms with Crippen molar-refractivity contribution in [3.63, 3.8) is 0 Å². The molecule has 5 N–H and O–H groups in total. The van der Waals surface area contributed by atoms with Crippen LogP contribution >= 0.6 is 0 Å². The Morgan fingerprint density at radius 1 is 1.50 bits per heavy atom. The van der Waals surface area contributed by atoms with Crippen LogP contribution in [0.1, 0.15) is 17.3 Å². The van der Waals surface area contributed by atoms with E-state index in [1.54, 1.807) is 6.92 Å². The number of aliphatic hydroxyl groups excluding tert-OH is 1. The molecule has 20 heavy (non-hydrogen) atoms. The predicted molar refractivity (Wildman–Crippen MR) is 74.7 cm³/mol. The van der Waals surface area contributed by atoms with E-state index in [9.17, 15) is 14.9 Å². The lowest BCUT2D eigenvalue weighted by atomic mass is 10.1. The molecule has 8 heteroatoms. The Bertz CT molecular complexity index is 490. The average Bonchev–Trinajstić information content (AvgIpc) is 2.37. The monoisotopic (exact) mass is 282 g/mol. The van der Waals surface area contributed by atoms with E-state index in [1.165, 1.54) is 12.1 Å². The van der Waals surface area contributed by atoms with Crippen LogP contribution in [0.25, 0.3) is 0 Å². The minimum absolute atomic E-state index is 0.0921. The van der Waals surface area contributed by atoms with E-state index in [2.05, 4.69) is 10.6 Å². The van der Waals surface area contributed by atoms with Crippen molar-refractivity contribution >= 4 is 17.3 Å². The van der Waals surface area contributed by atoms with Crippen LogP contribution in [0, 0.1) is 10.1 Å². The largest absolute Gasteiger partial charge is 0.392 e. The van der Waals surface area contributed by atoms with E-state index in [-0.39, 0.29) is 11.3 Å². The van der Waals surface area contributed by atoms with Gasteiger partial charge in [-0.15, -0.1) is 0 Å². The lowest BCUT2D eigenvalue weighted by Gasteiger charge is -2.09. The number of carbonyl (C=O) groups excluding carboxylic acids is 1. The Balaban J connectivity index is 2.65. The van der Waals surface area contributed by atoms with Crippen LogP contribution < -0.4 is 16.4 Å². The molecule has 0 aliphatic rings. The molecule has 0 bridgehead atoms. The number of nitrogens with one attached hydrogen (secondary N) is 2. The summed E-state index contributed by atoms with van der Waals surface area (Å²) in [6.07, 6.45) is -0.445.